The number of hydrogen-bond acceptors (Lipinski definition) is 2. The van der Waals surface area contributed by atoms with Crippen molar-refractivity contribution in [2.45, 2.75) is 25.7 Å². The van der Waals surface area contributed by atoms with Crippen LogP contribution < -0.4 is 5.32 Å². The summed E-state index contributed by atoms with van der Waals surface area (Å²) in [5.41, 5.74) is 0. The summed E-state index contributed by atoms with van der Waals surface area (Å²) < 4.78 is 0. The molecule has 3 heteroatoms. The number of carboxylic acid groups (broad SMARTS) is 1. The van der Waals surface area contributed by atoms with E-state index in [2.05, 4.69) is 5.32 Å². The Morgan fingerprint density at radius 2 is 2.36 bits per heavy atom. The molecule has 1 unspecified atom stereocenters. The van der Waals surface area contributed by atoms with Gasteiger partial charge in [0, 0.05) is 6.42 Å². The Balaban J connectivity index is 2.25. The SMILES string of the molecule is O=C(O)CC1CCCCNC1. The van der Waals surface area contributed by atoms with Crippen LogP contribution in [0, 0.1) is 5.92 Å². The van der Waals surface area contributed by atoms with Gasteiger partial charge in [-0.25, -0.2) is 0 Å². The van der Waals surface area contributed by atoms with Crippen molar-refractivity contribution in [1.29, 1.82) is 0 Å². The fraction of sp³-hybridized carbons (Fsp3) is 0.875. The van der Waals surface area contributed by atoms with Crippen LogP contribution in [0.1, 0.15) is 25.7 Å². The van der Waals surface area contributed by atoms with E-state index in [-0.39, 0.29) is 0 Å². The van der Waals surface area contributed by atoms with E-state index in [4.69, 9.17) is 5.11 Å². The molecule has 0 aromatic heterocycles. The van der Waals surface area contributed by atoms with Gasteiger partial charge in [0.05, 0.1) is 0 Å². The molecule has 3 nitrogen and oxygen atoms in total. The molecule has 0 radical (unpaired) electrons. The van der Waals surface area contributed by atoms with E-state index in [0.717, 1.165) is 19.5 Å². The van der Waals surface area contributed by atoms with Gasteiger partial charge in [0.25, 0.3) is 0 Å². The summed E-state index contributed by atoms with van der Waals surface area (Å²) in [6.07, 6.45) is 3.76. The largest absolute Gasteiger partial charge is 0.481 e. The standard InChI is InChI=1S/C8H15NO2/c10-8(11)5-7-3-1-2-4-9-6-7/h7,9H,1-6H2,(H,10,11). The lowest BCUT2D eigenvalue weighted by atomic mass is 10.0. The van der Waals surface area contributed by atoms with Gasteiger partial charge in [-0.3, -0.25) is 4.79 Å². The number of nitrogens with one attached hydrogen (secondary N) is 1. The summed E-state index contributed by atoms with van der Waals surface area (Å²) >= 11 is 0. The van der Waals surface area contributed by atoms with Crippen molar-refractivity contribution in [2.75, 3.05) is 13.1 Å². The third-order valence-corrected chi connectivity index (χ3v) is 2.11. The monoisotopic (exact) mass is 157 g/mol. The third kappa shape index (κ3) is 3.37. The van der Waals surface area contributed by atoms with E-state index in [0.29, 0.717) is 12.3 Å². The first-order valence-electron chi connectivity index (χ1n) is 4.21. The maximum absolute atomic E-state index is 10.4. The lowest BCUT2D eigenvalue weighted by molar-refractivity contribution is -0.138. The highest BCUT2D eigenvalue weighted by molar-refractivity contribution is 5.67. The second-order valence-electron chi connectivity index (χ2n) is 3.16. The fourth-order valence-corrected chi connectivity index (χ4v) is 1.51. The van der Waals surface area contributed by atoms with Crippen LogP contribution in [-0.4, -0.2) is 24.2 Å². The van der Waals surface area contributed by atoms with Crippen molar-refractivity contribution in [3.63, 3.8) is 0 Å². The second kappa shape index (κ2) is 4.34. The van der Waals surface area contributed by atoms with Crippen LogP contribution in [0.15, 0.2) is 0 Å². The van der Waals surface area contributed by atoms with Crippen LogP contribution in [0.3, 0.4) is 0 Å². The molecule has 1 rings (SSSR count). The molecule has 1 fully saturated rings. The number of carbonyl (C=O) groups is 1. The van der Waals surface area contributed by atoms with Crippen LogP contribution in [0.4, 0.5) is 0 Å². The molecule has 64 valence electrons. The molecule has 1 atom stereocenters. The van der Waals surface area contributed by atoms with Gasteiger partial charge in [-0.2, -0.15) is 0 Å². The highest BCUT2D eigenvalue weighted by atomic mass is 16.4. The molecular formula is C8H15NO2. The zero-order chi connectivity index (χ0) is 8.10. The van der Waals surface area contributed by atoms with E-state index in [1.165, 1.54) is 12.8 Å². The minimum Gasteiger partial charge on any atom is -0.481 e. The molecular weight excluding hydrogens is 142 g/mol. The quantitative estimate of drug-likeness (QED) is 0.624. The molecule has 1 aliphatic heterocycles. The number of hydrogen-bond donors (Lipinski definition) is 2. The van der Waals surface area contributed by atoms with Crippen molar-refractivity contribution in [2.24, 2.45) is 5.92 Å². The minimum absolute atomic E-state index is 0.326. The van der Waals surface area contributed by atoms with E-state index >= 15 is 0 Å². The highest BCUT2D eigenvalue weighted by Gasteiger charge is 2.14. The lowest BCUT2D eigenvalue weighted by Crippen LogP contribution is -2.22. The molecule has 0 saturated carbocycles. The van der Waals surface area contributed by atoms with Crippen molar-refractivity contribution in [1.82, 2.24) is 5.32 Å². The Morgan fingerprint density at radius 3 is 3.09 bits per heavy atom. The summed E-state index contributed by atoms with van der Waals surface area (Å²) in [5, 5.41) is 11.8. The maximum Gasteiger partial charge on any atom is 0.303 e. The van der Waals surface area contributed by atoms with Crippen LogP contribution in [0.2, 0.25) is 0 Å². The number of rotatable bonds is 2. The molecule has 1 heterocycles. The fourth-order valence-electron chi connectivity index (χ4n) is 1.51. The van der Waals surface area contributed by atoms with Gasteiger partial charge in [0.2, 0.25) is 0 Å². The summed E-state index contributed by atoms with van der Waals surface area (Å²) in [4.78, 5) is 10.4. The molecule has 0 aromatic carbocycles. The topological polar surface area (TPSA) is 49.3 Å². The van der Waals surface area contributed by atoms with Crippen molar-refractivity contribution in [3.05, 3.63) is 0 Å². The Bertz CT molecular complexity index is 128. The molecule has 1 aliphatic rings. The van der Waals surface area contributed by atoms with E-state index in [1.54, 1.807) is 0 Å². The van der Waals surface area contributed by atoms with E-state index in [1.807, 2.05) is 0 Å². The van der Waals surface area contributed by atoms with Gasteiger partial charge in [-0.1, -0.05) is 6.42 Å². The third-order valence-electron chi connectivity index (χ3n) is 2.11. The first-order valence-corrected chi connectivity index (χ1v) is 4.21. The zero-order valence-corrected chi connectivity index (χ0v) is 6.68. The van der Waals surface area contributed by atoms with Gasteiger partial charge < -0.3 is 10.4 Å². The van der Waals surface area contributed by atoms with E-state index in [9.17, 15) is 4.79 Å². The Kier molecular flexibility index (Phi) is 3.36. The summed E-state index contributed by atoms with van der Waals surface area (Å²) in [7, 11) is 0. The summed E-state index contributed by atoms with van der Waals surface area (Å²) in [6.45, 7) is 1.93. The Labute approximate surface area is 66.8 Å². The molecule has 0 aromatic rings. The van der Waals surface area contributed by atoms with Gasteiger partial charge >= 0.3 is 5.97 Å². The van der Waals surface area contributed by atoms with Crippen molar-refractivity contribution in [3.8, 4) is 0 Å². The Morgan fingerprint density at radius 1 is 1.55 bits per heavy atom. The predicted molar refractivity (Wildman–Crippen MR) is 42.5 cm³/mol. The van der Waals surface area contributed by atoms with Crippen molar-refractivity contribution < 1.29 is 9.90 Å². The van der Waals surface area contributed by atoms with Gasteiger partial charge in [0.1, 0.15) is 0 Å². The van der Waals surface area contributed by atoms with Crippen LogP contribution in [0.25, 0.3) is 0 Å². The molecule has 0 amide bonds. The maximum atomic E-state index is 10.4. The van der Waals surface area contributed by atoms with E-state index < -0.39 is 5.97 Å². The van der Waals surface area contributed by atoms with Crippen LogP contribution in [0.5, 0.6) is 0 Å². The Hall–Kier alpha value is -0.570. The minimum atomic E-state index is -0.668. The predicted octanol–water partition coefficient (Wildman–Crippen LogP) is 0.851. The first kappa shape index (κ1) is 8.53. The molecule has 0 bridgehead atoms. The van der Waals surface area contributed by atoms with Crippen LogP contribution >= 0.6 is 0 Å². The van der Waals surface area contributed by atoms with Gasteiger partial charge in [0.15, 0.2) is 0 Å². The summed E-state index contributed by atoms with van der Waals surface area (Å²) in [5.74, 6) is -0.311. The molecule has 11 heavy (non-hydrogen) atoms. The molecule has 0 spiro atoms. The number of aliphatic carboxylic acids is 1. The van der Waals surface area contributed by atoms with Gasteiger partial charge in [-0.05, 0) is 31.8 Å². The lowest BCUT2D eigenvalue weighted by Gasteiger charge is -2.09. The summed E-state index contributed by atoms with van der Waals surface area (Å²) in [6, 6.07) is 0. The average molecular weight is 157 g/mol. The van der Waals surface area contributed by atoms with Crippen LogP contribution in [-0.2, 0) is 4.79 Å². The molecule has 0 aliphatic carbocycles. The highest BCUT2D eigenvalue weighted by Crippen LogP contribution is 2.14. The smallest absolute Gasteiger partial charge is 0.303 e. The zero-order valence-electron chi connectivity index (χ0n) is 6.68. The first-order chi connectivity index (χ1) is 5.29. The van der Waals surface area contributed by atoms with Gasteiger partial charge in [-0.15, -0.1) is 0 Å². The normalized spacial score (nSPS) is 26.0. The number of carboxylic acids is 1. The second-order valence-corrected chi connectivity index (χ2v) is 3.16. The molecule has 2 N–H and O–H groups in total. The average Bonchev–Trinajstić information content (AvgIpc) is 2.14. The molecule has 1 saturated heterocycles. The van der Waals surface area contributed by atoms with Crippen molar-refractivity contribution >= 4 is 5.97 Å².